The van der Waals surface area contributed by atoms with Gasteiger partial charge in [0.15, 0.2) is 0 Å². The molecule has 0 unspecified atom stereocenters. The third-order valence-electron chi connectivity index (χ3n) is 1.94. The fourth-order valence-electron chi connectivity index (χ4n) is 1.15. The van der Waals surface area contributed by atoms with E-state index in [9.17, 15) is 14.9 Å². The number of hydrogen-bond donors (Lipinski definition) is 1. The molecule has 2 N–H and O–H groups in total. The van der Waals surface area contributed by atoms with Crippen LogP contribution in [0.15, 0.2) is 16.6 Å². The number of methoxy groups -OCH3 is 1. The molecule has 86 valence electrons. The molecule has 0 heterocycles. The number of carbonyl (C=O) groups is 1. The second-order valence-corrected chi connectivity index (χ2v) is 3.87. The number of carbonyl (C=O) groups excluding carboxylic acids is 1. The number of nitrogens with two attached hydrogens (primary N) is 1. The molecule has 0 aliphatic heterocycles. The molecule has 0 saturated heterocycles. The fourth-order valence-corrected chi connectivity index (χ4v) is 1.65. The Morgan fingerprint density at radius 3 is 2.75 bits per heavy atom. The van der Waals surface area contributed by atoms with Gasteiger partial charge in [0, 0.05) is 10.5 Å². The summed E-state index contributed by atoms with van der Waals surface area (Å²) in [6.45, 7) is 0. The molecular formula is C9H9BrN2O4. The molecule has 0 atom stereocenters. The molecule has 0 amide bonds. The predicted octanol–water partition coefficient (Wildman–Crippen LogP) is 1.65. The number of ether oxygens (including phenoxy) is 1. The van der Waals surface area contributed by atoms with Crippen LogP contribution < -0.4 is 5.73 Å². The molecule has 1 aromatic rings. The Kier molecular flexibility index (Phi) is 3.83. The van der Waals surface area contributed by atoms with E-state index in [1.807, 2.05) is 0 Å². The molecule has 6 nitrogen and oxygen atoms in total. The van der Waals surface area contributed by atoms with Crippen molar-refractivity contribution in [1.82, 2.24) is 0 Å². The van der Waals surface area contributed by atoms with E-state index in [1.165, 1.54) is 13.2 Å². The zero-order chi connectivity index (χ0) is 12.3. The van der Waals surface area contributed by atoms with E-state index in [0.717, 1.165) is 0 Å². The normalized spacial score (nSPS) is 9.88. The maximum absolute atomic E-state index is 11.0. The molecule has 0 bridgehead atoms. The standard InChI is InChI=1S/C9H9BrN2O4/c1-16-8(13)4-5-2-6(10)9(11)7(3-5)12(14)15/h2-3H,4,11H2,1H3. The van der Waals surface area contributed by atoms with E-state index in [2.05, 4.69) is 20.7 Å². The summed E-state index contributed by atoms with van der Waals surface area (Å²) < 4.78 is 4.86. The van der Waals surface area contributed by atoms with Gasteiger partial charge in [-0.1, -0.05) is 0 Å². The maximum atomic E-state index is 11.0. The first kappa shape index (κ1) is 12.4. The highest BCUT2D eigenvalue weighted by molar-refractivity contribution is 9.10. The number of anilines is 1. The fraction of sp³-hybridized carbons (Fsp3) is 0.222. The van der Waals surface area contributed by atoms with E-state index in [4.69, 9.17) is 5.73 Å². The summed E-state index contributed by atoms with van der Waals surface area (Å²) in [7, 11) is 1.25. The van der Waals surface area contributed by atoms with Gasteiger partial charge in [-0.25, -0.2) is 0 Å². The van der Waals surface area contributed by atoms with Crippen molar-refractivity contribution >= 4 is 33.3 Å². The van der Waals surface area contributed by atoms with Crippen LogP contribution in [0.25, 0.3) is 0 Å². The van der Waals surface area contributed by atoms with Crippen molar-refractivity contribution < 1.29 is 14.5 Å². The summed E-state index contributed by atoms with van der Waals surface area (Å²) in [5.41, 5.74) is 5.79. The third kappa shape index (κ3) is 2.69. The van der Waals surface area contributed by atoms with Crippen molar-refractivity contribution in [1.29, 1.82) is 0 Å². The minimum Gasteiger partial charge on any atom is -0.469 e. The number of hydrogen-bond acceptors (Lipinski definition) is 5. The Morgan fingerprint density at radius 2 is 2.25 bits per heavy atom. The highest BCUT2D eigenvalue weighted by Gasteiger charge is 2.17. The number of rotatable bonds is 3. The monoisotopic (exact) mass is 288 g/mol. The van der Waals surface area contributed by atoms with E-state index in [-0.39, 0.29) is 17.8 Å². The summed E-state index contributed by atoms with van der Waals surface area (Å²) >= 11 is 3.10. The van der Waals surface area contributed by atoms with Crippen molar-refractivity contribution in [3.63, 3.8) is 0 Å². The zero-order valence-electron chi connectivity index (χ0n) is 8.40. The average molecular weight is 289 g/mol. The van der Waals surface area contributed by atoms with Gasteiger partial charge in [0.2, 0.25) is 0 Å². The third-order valence-corrected chi connectivity index (χ3v) is 2.60. The molecule has 1 rings (SSSR count). The number of nitro groups is 1. The molecule has 0 spiro atoms. The zero-order valence-corrected chi connectivity index (χ0v) is 9.98. The van der Waals surface area contributed by atoms with Gasteiger partial charge in [-0.15, -0.1) is 0 Å². The molecule has 0 aliphatic rings. The van der Waals surface area contributed by atoms with Crippen LogP contribution in [0.3, 0.4) is 0 Å². The lowest BCUT2D eigenvalue weighted by Gasteiger charge is -2.04. The van der Waals surface area contributed by atoms with E-state index >= 15 is 0 Å². The molecule has 1 aromatic carbocycles. The molecule has 0 aliphatic carbocycles. The summed E-state index contributed by atoms with van der Waals surface area (Å²) in [4.78, 5) is 21.1. The molecule has 0 aromatic heterocycles. The number of benzene rings is 1. The minimum atomic E-state index is -0.596. The molecule has 16 heavy (non-hydrogen) atoms. The van der Waals surface area contributed by atoms with E-state index in [0.29, 0.717) is 10.0 Å². The highest BCUT2D eigenvalue weighted by atomic mass is 79.9. The molecule has 0 radical (unpaired) electrons. The number of halogens is 1. The molecule has 0 saturated carbocycles. The number of nitro benzene ring substituents is 1. The SMILES string of the molecule is COC(=O)Cc1cc(Br)c(N)c([N+](=O)[O-])c1. The number of nitrogens with zero attached hydrogens (tertiary/aromatic N) is 1. The molecule has 7 heteroatoms. The van der Waals surface area contributed by atoms with Gasteiger partial charge in [-0.05, 0) is 27.6 Å². The van der Waals surface area contributed by atoms with E-state index < -0.39 is 10.9 Å². The van der Waals surface area contributed by atoms with Gasteiger partial charge in [0.1, 0.15) is 5.69 Å². The Hall–Kier alpha value is -1.63. The lowest BCUT2D eigenvalue weighted by atomic mass is 10.1. The van der Waals surface area contributed by atoms with Crippen molar-refractivity contribution in [2.24, 2.45) is 0 Å². The maximum Gasteiger partial charge on any atom is 0.309 e. The highest BCUT2D eigenvalue weighted by Crippen LogP contribution is 2.31. The average Bonchev–Trinajstić information content (AvgIpc) is 2.22. The van der Waals surface area contributed by atoms with Crippen molar-refractivity contribution in [3.05, 3.63) is 32.3 Å². The van der Waals surface area contributed by atoms with Gasteiger partial charge in [0.25, 0.3) is 5.69 Å². The summed E-state index contributed by atoms with van der Waals surface area (Å²) in [5.74, 6) is -0.467. The first-order valence-corrected chi connectivity index (χ1v) is 5.04. The summed E-state index contributed by atoms with van der Waals surface area (Å²) in [5, 5.41) is 10.7. The lowest BCUT2D eigenvalue weighted by molar-refractivity contribution is -0.384. The minimum absolute atomic E-state index is 0.0315. The van der Waals surface area contributed by atoms with Crippen LogP contribution in [-0.2, 0) is 16.0 Å². The van der Waals surface area contributed by atoms with Crippen molar-refractivity contribution in [3.8, 4) is 0 Å². The van der Waals surface area contributed by atoms with Crippen LogP contribution in [0.2, 0.25) is 0 Å². The Morgan fingerprint density at radius 1 is 1.62 bits per heavy atom. The van der Waals surface area contributed by atoms with E-state index in [1.54, 1.807) is 6.07 Å². The van der Waals surface area contributed by atoms with Crippen LogP contribution in [-0.4, -0.2) is 18.0 Å². The summed E-state index contributed by atoms with van der Waals surface area (Å²) in [6, 6.07) is 2.82. The van der Waals surface area contributed by atoms with Crippen molar-refractivity contribution in [2.45, 2.75) is 6.42 Å². The Bertz CT molecular complexity index is 447. The Balaban J connectivity index is 3.14. The van der Waals surface area contributed by atoms with Crippen LogP contribution in [0.4, 0.5) is 11.4 Å². The molecule has 0 fully saturated rings. The Labute approximate surface area is 99.7 Å². The second-order valence-electron chi connectivity index (χ2n) is 3.02. The van der Waals surface area contributed by atoms with Gasteiger partial charge < -0.3 is 10.5 Å². The van der Waals surface area contributed by atoms with Crippen LogP contribution >= 0.6 is 15.9 Å². The van der Waals surface area contributed by atoms with Crippen LogP contribution in [0.1, 0.15) is 5.56 Å². The molecular weight excluding hydrogens is 280 g/mol. The predicted molar refractivity (Wildman–Crippen MR) is 60.9 cm³/mol. The van der Waals surface area contributed by atoms with Gasteiger partial charge in [-0.2, -0.15) is 0 Å². The smallest absolute Gasteiger partial charge is 0.309 e. The number of nitrogen functional groups attached to an aromatic ring is 1. The lowest BCUT2D eigenvalue weighted by Crippen LogP contribution is -2.06. The van der Waals surface area contributed by atoms with Gasteiger partial charge in [-0.3, -0.25) is 14.9 Å². The first-order chi connectivity index (χ1) is 7.45. The quantitative estimate of drug-likeness (QED) is 0.395. The van der Waals surface area contributed by atoms with Gasteiger partial charge >= 0.3 is 5.97 Å². The number of esters is 1. The van der Waals surface area contributed by atoms with Gasteiger partial charge in [0.05, 0.1) is 18.5 Å². The second kappa shape index (κ2) is 4.93. The van der Waals surface area contributed by atoms with Crippen LogP contribution in [0, 0.1) is 10.1 Å². The van der Waals surface area contributed by atoms with Crippen molar-refractivity contribution in [2.75, 3.05) is 12.8 Å². The largest absolute Gasteiger partial charge is 0.469 e. The van der Waals surface area contributed by atoms with Crippen LogP contribution in [0.5, 0.6) is 0 Å². The first-order valence-electron chi connectivity index (χ1n) is 4.24. The topological polar surface area (TPSA) is 95.5 Å². The summed E-state index contributed by atoms with van der Waals surface area (Å²) in [6.07, 6.45) is -0.0315.